The molecular formula is C15H18N2O2S. The molecule has 2 aromatic heterocycles. The first-order valence-electron chi connectivity index (χ1n) is 6.72. The van der Waals surface area contributed by atoms with Crippen molar-refractivity contribution in [2.75, 3.05) is 13.7 Å². The molecule has 1 atom stereocenters. The minimum absolute atomic E-state index is 0.0510. The van der Waals surface area contributed by atoms with Crippen LogP contribution < -0.4 is 0 Å². The van der Waals surface area contributed by atoms with Gasteiger partial charge in [-0.3, -0.25) is 4.79 Å². The van der Waals surface area contributed by atoms with E-state index in [9.17, 15) is 4.79 Å². The van der Waals surface area contributed by atoms with Gasteiger partial charge in [-0.1, -0.05) is 0 Å². The minimum Gasteiger partial charge on any atom is -0.378 e. The largest absolute Gasteiger partial charge is 0.378 e. The Bertz CT molecular complexity index is 576. The van der Waals surface area contributed by atoms with Crippen LogP contribution in [0.25, 0.3) is 0 Å². The Labute approximate surface area is 122 Å². The number of rotatable bonds is 3. The van der Waals surface area contributed by atoms with E-state index in [2.05, 4.69) is 10.6 Å². The van der Waals surface area contributed by atoms with Gasteiger partial charge in [0.2, 0.25) is 5.91 Å². The number of hydrogen-bond donors (Lipinski definition) is 0. The number of fused-ring (bicyclic) bond motifs is 1. The Balaban J connectivity index is 1.76. The number of ether oxygens (including phenoxy) is 1. The van der Waals surface area contributed by atoms with E-state index in [1.165, 1.54) is 5.69 Å². The van der Waals surface area contributed by atoms with Gasteiger partial charge in [0, 0.05) is 25.5 Å². The van der Waals surface area contributed by atoms with Crippen molar-refractivity contribution in [3.63, 3.8) is 0 Å². The summed E-state index contributed by atoms with van der Waals surface area (Å²) in [7, 11) is 1.71. The Morgan fingerprint density at radius 3 is 3.10 bits per heavy atom. The van der Waals surface area contributed by atoms with Gasteiger partial charge in [-0.05, 0) is 34.5 Å². The van der Waals surface area contributed by atoms with Crippen LogP contribution in [0.5, 0.6) is 0 Å². The number of carbonyl (C=O) groups excluding carboxylic acids is 1. The predicted octanol–water partition coefficient (Wildman–Crippen LogP) is 2.15. The molecule has 4 nitrogen and oxygen atoms in total. The highest BCUT2D eigenvalue weighted by Gasteiger charge is 2.24. The van der Waals surface area contributed by atoms with E-state index < -0.39 is 0 Å². The van der Waals surface area contributed by atoms with Crippen molar-refractivity contribution in [1.29, 1.82) is 0 Å². The van der Waals surface area contributed by atoms with E-state index in [4.69, 9.17) is 4.74 Å². The molecule has 106 valence electrons. The Hall–Kier alpha value is -1.59. The van der Waals surface area contributed by atoms with Crippen molar-refractivity contribution < 1.29 is 9.53 Å². The molecule has 1 amide bonds. The van der Waals surface area contributed by atoms with E-state index in [0.29, 0.717) is 19.5 Å². The van der Waals surface area contributed by atoms with Gasteiger partial charge in [-0.25, -0.2) is 0 Å². The predicted molar refractivity (Wildman–Crippen MR) is 78.7 cm³/mol. The molecule has 0 bridgehead atoms. The number of amides is 1. The maximum absolute atomic E-state index is 12.5. The second-order valence-corrected chi connectivity index (χ2v) is 5.87. The van der Waals surface area contributed by atoms with Crippen molar-refractivity contribution in [2.45, 2.75) is 25.6 Å². The minimum atomic E-state index is 0.0510. The molecule has 1 aliphatic heterocycles. The van der Waals surface area contributed by atoms with E-state index in [1.54, 1.807) is 18.4 Å². The topological polar surface area (TPSA) is 34.5 Å². The molecule has 0 spiro atoms. The molecule has 20 heavy (non-hydrogen) atoms. The third-order valence-corrected chi connectivity index (χ3v) is 4.45. The number of aromatic nitrogens is 1. The first kappa shape index (κ1) is 13.4. The normalized spacial score (nSPS) is 18.6. The second-order valence-electron chi connectivity index (χ2n) is 5.09. The lowest BCUT2D eigenvalue weighted by Gasteiger charge is -2.23. The summed E-state index contributed by atoms with van der Waals surface area (Å²) in [5.41, 5.74) is 2.26. The van der Waals surface area contributed by atoms with E-state index >= 15 is 0 Å². The molecule has 0 N–H and O–H groups in total. The maximum Gasteiger partial charge on any atom is 0.227 e. The molecule has 3 heterocycles. The smallest absolute Gasteiger partial charge is 0.227 e. The summed E-state index contributed by atoms with van der Waals surface area (Å²) in [5.74, 6) is 0.167. The van der Waals surface area contributed by atoms with E-state index in [0.717, 1.165) is 12.1 Å². The lowest BCUT2D eigenvalue weighted by atomic mass is 10.2. The zero-order valence-corrected chi connectivity index (χ0v) is 12.3. The summed E-state index contributed by atoms with van der Waals surface area (Å²) in [6.07, 6.45) is 2.57. The van der Waals surface area contributed by atoms with Gasteiger partial charge >= 0.3 is 0 Å². The van der Waals surface area contributed by atoms with Crippen molar-refractivity contribution >= 4 is 17.2 Å². The number of carbonyl (C=O) groups is 1. The van der Waals surface area contributed by atoms with Crippen LogP contribution >= 0.6 is 11.3 Å². The monoisotopic (exact) mass is 290 g/mol. The highest BCUT2D eigenvalue weighted by molar-refractivity contribution is 7.07. The molecule has 0 saturated carbocycles. The molecule has 3 rings (SSSR count). The fraction of sp³-hybridized carbons (Fsp3) is 0.400. The van der Waals surface area contributed by atoms with Crippen LogP contribution in [0, 0.1) is 0 Å². The van der Waals surface area contributed by atoms with Crippen molar-refractivity contribution in [2.24, 2.45) is 0 Å². The lowest BCUT2D eigenvalue weighted by molar-refractivity contribution is -0.132. The quantitative estimate of drug-likeness (QED) is 0.868. The van der Waals surface area contributed by atoms with Gasteiger partial charge in [0.15, 0.2) is 0 Å². The van der Waals surface area contributed by atoms with Crippen LogP contribution in [-0.4, -0.2) is 35.1 Å². The Morgan fingerprint density at radius 2 is 2.35 bits per heavy atom. The third-order valence-electron chi connectivity index (χ3n) is 3.72. The van der Waals surface area contributed by atoms with Crippen LogP contribution in [-0.2, 0) is 29.0 Å². The van der Waals surface area contributed by atoms with Crippen molar-refractivity contribution in [3.8, 4) is 0 Å². The Morgan fingerprint density at radius 1 is 1.45 bits per heavy atom. The molecule has 0 radical (unpaired) electrons. The molecular weight excluding hydrogens is 272 g/mol. The lowest BCUT2D eigenvalue weighted by Crippen LogP contribution is -2.37. The maximum atomic E-state index is 12.5. The summed E-state index contributed by atoms with van der Waals surface area (Å²) in [4.78, 5) is 14.4. The highest BCUT2D eigenvalue weighted by Crippen LogP contribution is 2.17. The van der Waals surface area contributed by atoms with Crippen LogP contribution in [0.3, 0.4) is 0 Å². The highest BCUT2D eigenvalue weighted by atomic mass is 32.1. The van der Waals surface area contributed by atoms with Gasteiger partial charge < -0.3 is 14.2 Å². The Kier molecular flexibility index (Phi) is 3.89. The van der Waals surface area contributed by atoms with Gasteiger partial charge in [0.05, 0.1) is 25.6 Å². The zero-order chi connectivity index (χ0) is 13.9. The van der Waals surface area contributed by atoms with Crippen LogP contribution in [0.15, 0.2) is 35.2 Å². The first-order chi connectivity index (χ1) is 9.76. The van der Waals surface area contributed by atoms with Gasteiger partial charge in [0.25, 0.3) is 0 Å². The van der Waals surface area contributed by atoms with Crippen LogP contribution in [0.2, 0.25) is 0 Å². The average molecular weight is 290 g/mol. The molecule has 0 aromatic carbocycles. The first-order valence-corrected chi connectivity index (χ1v) is 7.66. The summed E-state index contributed by atoms with van der Waals surface area (Å²) >= 11 is 1.63. The SMILES string of the molecule is COC1CN(C(=O)Cc2ccsc2)Cc2cccn2C1. The molecule has 0 fully saturated rings. The number of methoxy groups -OCH3 is 1. The van der Waals surface area contributed by atoms with Crippen LogP contribution in [0.1, 0.15) is 11.3 Å². The fourth-order valence-corrected chi connectivity index (χ4v) is 3.24. The average Bonchev–Trinajstić information content (AvgIpc) is 3.06. The van der Waals surface area contributed by atoms with Gasteiger partial charge in [0.1, 0.15) is 0 Å². The third kappa shape index (κ3) is 2.78. The van der Waals surface area contributed by atoms with Gasteiger partial charge in [-0.2, -0.15) is 11.3 Å². The fourth-order valence-electron chi connectivity index (χ4n) is 2.57. The molecule has 1 aliphatic rings. The number of nitrogens with zero attached hydrogens (tertiary/aromatic N) is 2. The second kappa shape index (κ2) is 5.81. The summed E-state index contributed by atoms with van der Waals surface area (Å²) < 4.78 is 7.67. The summed E-state index contributed by atoms with van der Waals surface area (Å²) in [6.45, 7) is 2.12. The summed E-state index contributed by atoms with van der Waals surface area (Å²) in [5, 5.41) is 4.04. The van der Waals surface area contributed by atoms with Crippen molar-refractivity contribution in [3.05, 3.63) is 46.4 Å². The molecule has 0 aliphatic carbocycles. The zero-order valence-electron chi connectivity index (χ0n) is 11.5. The van der Waals surface area contributed by atoms with Crippen LogP contribution in [0.4, 0.5) is 0 Å². The van der Waals surface area contributed by atoms with E-state index in [-0.39, 0.29) is 12.0 Å². The molecule has 2 aromatic rings. The molecule has 0 saturated heterocycles. The van der Waals surface area contributed by atoms with E-state index in [1.807, 2.05) is 34.0 Å². The summed E-state index contributed by atoms with van der Waals surface area (Å²) in [6, 6.07) is 6.11. The van der Waals surface area contributed by atoms with Crippen molar-refractivity contribution in [1.82, 2.24) is 9.47 Å². The number of hydrogen-bond acceptors (Lipinski definition) is 3. The van der Waals surface area contributed by atoms with Gasteiger partial charge in [-0.15, -0.1) is 0 Å². The standard InChI is InChI=1S/C15H18N2O2S/c1-19-14-9-16-5-2-3-13(16)8-17(10-14)15(18)7-12-4-6-20-11-12/h2-6,11,14H,7-10H2,1H3. The molecule has 1 unspecified atom stereocenters. The number of thiophene rings is 1. The molecule has 5 heteroatoms.